The number of aryl methyl sites for hydroxylation is 2. The first kappa shape index (κ1) is 14.5. The highest BCUT2D eigenvalue weighted by molar-refractivity contribution is 7.11. The van der Waals surface area contributed by atoms with Crippen molar-refractivity contribution in [2.75, 3.05) is 7.05 Å². The van der Waals surface area contributed by atoms with Crippen molar-refractivity contribution in [3.8, 4) is 0 Å². The molecule has 0 aromatic carbocycles. The summed E-state index contributed by atoms with van der Waals surface area (Å²) in [6.45, 7) is 5.44. The van der Waals surface area contributed by atoms with E-state index in [-0.39, 0.29) is 0 Å². The minimum absolute atomic E-state index is 0.654. The molecule has 0 aliphatic rings. The van der Waals surface area contributed by atoms with Gasteiger partial charge in [-0.05, 0) is 26.0 Å². The van der Waals surface area contributed by atoms with Gasteiger partial charge in [0.05, 0.1) is 29.5 Å². The molecule has 2 aromatic rings. The van der Waals surface area contributed by atoms with Crippen molar-refractivity contribution in [3.63, 3.8) is 0 Å². The van der Waals surface area contributed by atoms with Crippen LogP contribution in [0.15, 0.2) is 29.4 Å². The number of hydrogen-bond acceptors (Lipinski definition) is 4. The molecule has 0 radical (unpaired) electrons. The number of aliphatic imine (C=N–C) groups is 1. The second-order valence-corrected chi connectivity index (χ2v) is 5.63. The number of hydrogen-bond donors (Lipinski definition) is 2. The second kappa shape index (κ2) is 7.00. The van der Waals surface area contributed by atoms with Gasteiger partial charge >= 0.3 is 0 Å². The Hall–Kier alpha value is -1.95. The summed E-state index contributed by atoms with van der Waals surface area (Å²) < 4.78 is 0. The van der Waals surface area contributed by atoms with Gasteiger partial charge in [0.2, 0.25) is 0 Å². The normalized spacial score (nSPS) is 11.4. The average molecular weight is 289 g/mol. The van der Waals surface area contributed by atoms with Crippen LogP contribution >= 0.6 is 11.3 Å². The number of pyridine rings is 1. The predicted molar refractivity (Wildman–Crippen MR) is 82.9 cm³/mol. The average Bonchev–Trinajstić information content (AvgIpc) is 2.78. The van der Waals surface area contributed by atoms with Crippen LogP contribution in [0.4, 0.5) is 0 Å². The Labute approximate surface area is 123 Å². The van der Waals surface area contributed by atoms with Gasteiger partial charge in [0.25, 0.3) is 0 Å². The molecule has 2 rings (SSSR count). The monoisotopic (exact) mass is 289 g/mol. The Morgan fingerprint density at radius 1 is 1.25 bits per heavy atom. The molecular weight excluding hydrogens is 270 g/mol. The van der Waals surface area contributed by atoms with E-state index >= 15 is 0 Å². The first-order valence-corrected chi connectivity index (χ1v) is 7.28. The molecule has 0 saturated carbocycles. The molecule has 2 heterocycles. The number of thiazole rings is 1. The maximum absolute atomic E-state index is 4.42. The van der Waals surface area contributed by atoms with E-state index in [1.54, 1.807) is 24.6 Å². The van der Waals surface area contributed by atoms with E-state index in [0.717, 1.165) is 28.9 Å². The van der Waals surface area contributed by atoms with Crippen molar-refractivity contribution >= 4 is 17.3 Å². The molecule has 5 nitrogen and oxygen atoms in total. The second-order valence-electron chi connectivity index (χ2n) is 4.34. The van der Waals surface area contributed by atoms with E-state index in [4.69, 9.17) is 0 Å². The Kier molecular flexibility index (Phi) is 5.06. The summed E-state index contributed by atoms with van der Waals surface area (Å²) in [7, 11) is 1.76. The van der Waals surface area contributed by atoms with Crippen LogP contribution in [-0.2, 0) is 13.1 Å². The smallest absolute Gasteiger partial charge is 0.191 e. The van der Waals surface area contributed by atoms with Gasteiger partial charge in [0.15, 0.2) is 5.96 Å². The first-order valence-electron chi connectivity index (χ1n) is 6.46. The highest BCUT2D eigenvalue weighted by Crippen LogP contribution is 2.16. The molecule has 0 aliphatic heterocycles. The molecule has 0 unspecified atom stereocenters. The van der Waals surface area contributed by atoms with Gasteiger partial charge in [-0.15, -0.1) is 11.3 Å². The number of nitrogens with one attached hydrogen (secondary N) is 2. The zero-order chi connectivity index (χ0) is 14.4. The van der Waals surface area contributed by atoms with Crippen LogP contribution in [0.1, 0.15) is 21.3 Å². The zero-order valence-corrected chi connectivity index (χ0v) is 12.8. The van der Waals surface area contributed by atoms with E-state index in [0.29, 0.717) is 6.54 Å². The molecular formula is C14H19N5S. The zero-order valence-electron chi connectivity index (χ0n) is 12.0. The van der Waals surface area contributed by atoms with E-state index < -0.39 is 0 Å². The molecule has 0 atom stereocenters. The van der Waals surface area contributed by atoms with Crippen LogP contribution in [0.25, 0.3) is 0 Å². The fourth-order valence-corrected chi connectivity index (χ4v) is 2.68. The Morgan fingerprint density at radius 2 is 2.05 bits per heavy atom. The lowest BCUT2D eigenvalue weighted by Crippen LogP contribution is -2.36. The van der Waals surface area contributed by atoms with Gasteiger partial charge in [-0.3, -0.25) is 9.98 Å². The first-order chi connectivity index (χ1) is 9.69. The lowest BCUT2D eigenvalue weighted by Gasteiger charge is -2.11. The maximum atomic E-state index is 4.42. The Balaban J connectivity index is 1.86. The van der Waals surface area contributed by atoms with Crippen molar-refractivity contribution in [3.05, 3.63) is 45.7 Å². The highest BCUT2D eigenvalue weighted by Gasteiger charge is 2.05. The summed E-state index contributed by atoms with van der Waals surface area (Å²) in [6, 6.07) is 5.87. The lowest BCUT2D eigenvalue weighted by molar-refractivity contribution is 0.796. The van der Waals surface area contributed by atoms with E-state index in [1.807, 2.05) is 32.0 Å². The van der Waals surface area contributed by atoms with E-state index in [9.17, 15) is 0 Å². The summed E-state index contributed by atoms with van der Waals surface area (Å²) in [4.78, 5) is 14.1. The molecule has 2 N–H and O–H groups in total. The third-order valence-corrected chi connectivity index (χ3v) is 3.88. The summed E-state index contributed by atoms with van der Waals surface area (Å²) in [5.74, 6) is 0.765. The van der Waals surface area contributed by atoms with Crippen LogP contribution in [0.3, 0.4) is 0 Å². The fraction of sp³-hybridized carbons (Fsp3) is 0.357. The molecule has 6 heteroatoms. The van der Waals surface area contributed by atoms with Crippen LogP contribution in [0.2, 0.25) is 0 Å². The summed E-state index contributed by atoms with van der Waals surface area (Å²) in [6.07, 6.45) is 1.79. The highest BCUT2D eigenvalue weighted by atomic mass is 32.1. The molecule has 106 valence electrons. The summed E-state index contributed by atoms with van der Waals surface area (Å²) in [5.41, 5.74) is 2.07. The van der Waals surface area contributed by atoms with Crippen molar-refractivity contribution in [2.24, 2.45) is 4.99 Å². The molecule has 0 amide bonds. The number of nitrogens with zero attached hydrogens (tertiary/aromatic N) is 3. The molecule has 0 fully saturated rings. The molecule has 0 saturated heterocycles. The molecule has 0 aliphatic carbocycles. The van der Waals surface area contributed by atoms with Gasteiger partial charge in [-0.2, -0.15) is 0 Å². The minimum atomic E-state index is 0.654. The van der Waals surface area contributed by atoms with Crippen LogP contribution in [0.5, 0.6) is 0 Å². The van der Waals surface area contributed by atoms with Crippen LogP contribution in [0, 0.1) is 13.8 Å². The largest absolute Gasteiger partial charge is 0.351 e. The SMILES string of the molecule is CN=C(NCc1ccccn1)NCc1sc(C)nc1C. The Bertz CT molecular complexity index is 577. The third kappa shape index (κ3) is 4.03. The van der Waals surface area contributed by atoms with Crippen molar-refractivity contribution < 1.29 is 0 Å². The predicted octanol–water partition coefficient (Wildman–Crippen LogP) is 2.02. The number of aromatic nitrogens is 2. The van der Waals surface area contributed by atoms with Gasteiger partial charge in [0.1, 0.15) is 0 Å². The summed E-state index contributed by atoms with van der Waals surface area (Å²) in [5, 5.41) is 7.63. The van der Waals surface area contributed by atoms with Gasteiger partial charge in [-0.25, -0.2) is 4.98 Å². The van der Waals surface area contributed by atoms with Gasteiger partial charge in [-0.1, -0.05) is 6.07 Å². The quantitative estimate of drug-likeness (QED) is 0.668. The van der Waals surface area contributed by atoms with Crippen LogP contribution in [-0.4, -0.2) is 23.0 Å². The molecule has 0 spiro atoms. The molecule has 0 bridgehead atoms. The lowest BCUT2D eigenvalue weighted by atomic mass is 10.3. The van der Waals surface area contributed by atoms with Crippen molar-refractivity contribution in [2.45, 2.75) is 26.9 Å². The van der Waals surface area contributed by atoms with E-state index in [2.05, 4.69) is 25.6 Å². The number of guanidine groups is 1. The maximum Gasteiger partial charge on any atom is 0.191 e. The number of rotatable bonds is 4. The topological polar surface area (TPSA) is 62.2 Å². The van der Waals surface area contributed by atoms with Crippen LogP contribution < -0.4 is 10.6 Å². The van der Waals surface area contributed by atoms with Crippen molar-refractivity contribution in [1.82, 2.24) is 20.6 Å². The molecule has 2 aromatic heterocycles. The van der Waals surface area contributed by atoms with Crippen molar-refractivity contribution in [1.29, 1.82) is 0 Å². The Morgan fingerprint density at radius 3 is 2.65 bits per heavy atom. The van der Waals surface area contributed by atoms with Gasteiger partial charge in [0, 0.05) is 18.1 Å². The summed E-state index contributed by atoms with van der Waals surface area (Å²) >= 11 is 1.71. The molecule has 20 heavy (non-hydrogen) atoms. The van der Waals surface area contributed by atoms with Gasteiger partial charge < -0.3 is 10.6 Å². The standard InChI is InChI=1S/C14H19N5S/c1-10-13(20-11(2)19-10)9-18-14(15-3)17-8-12-6-4-5-7-16-12/h4-7H,8-9H2,1-3H3,(H2,15,17,18). The fourth-order valence-electron chi connectivity index (χ4n) is 1.80. The minimum Gasteiger partial charge on any atom is -0.351 e. The van der Waals surface area contributed by atoms with E-state index in [1.165, 1.54) is 4.88 Å². The third-order valence-electron chi connectivity index (χ3n) is 2.80.